The molecule has 0 fully saturated rings. The molecule has 0 saturated carbocycles. The zero-order chi connectivity index (χ0) is 16.7. The lowest BCUT2D eigenvalue weighted by atomic mass is 10.2. The number of nitrogens with zero attached hydrogens (tertiary/aromatic N) is 4. The van der Waals surface area contributed by atoms with Crippen LogP contribution in [0.5, 0.6) is 0 Å². The van der Waals surface area contributed by atoms with Crippen molar-refractivity contribution in [1.82, 2.24) is 20.4 Å². The average Bonchev–Trinajstić information content (AvgIpc) is 2.97. The molecule has 0 bridgehead atoms. The Morgan fingerprint density at radius 2 is 2.09 bits per heavy atom. The quantitative estimate of drug-likeness (QED) is 0.497. The molecule has 1 aromatic carbocycles. The van der Waals surface area contributed by atoms with Crippen molar-refractivity contribution in [2.75, 3.05) is 26.9 Å². The van der Waals surface area contributed by atoms with Crippen molar-refractivity contribution in [3.05, 3.63) is 41.5 Å². The highest BCUT2D eigenvalue weighted by atomic mass is 32.2. The molecule has 0 unspecified atom stereocenters. The van der Waals surface area contributed by atoms with Gasteiger partial charge in [0.15, 0.2) is 11.8 Å². The Kier molecular flexibility index (Phi) is 6.46. The predicted molar refractivity (Wildman–Crippen MR) is 93.8 cm³/mol. The summed E-state index contributed by atoms with van der Waals surface area (Å²) in [5, 5.41) is 7.10. The molecule has 2 aromatic rings. The van der Waals surface area contributed by atoms with E-state index in [2.05, 4.69) is 55.9 Å². The molecule has 23 heavy (non-hydrogen) atoms. The highest BCUT2D eigenvalue weighted by Gasteiger charge is 2.08. The summed E-state index contributed by atoms with van der Waals surface area (Å²) >= 11 is 1.75. The number of rotatable bonds is 6. The number of guanidine groups is 1. The third-order valence-corrected chi connectivity index (χ3v) is 4.09. The lowest BCUT2D eigenvalue weighted by Gasteiger charge is -2.22. The van der Waals surface area contributed by atoms with E-state index in [-0.39, 0.29) is 0 Å². The van der Waals surface area contributed by atoms with Crippen molar-refractivity contribution in [2.45, 2.75) is 24.8 Å². The minimum absolute atomic E-state index is 0.640. The van der Waals surface area contributed by atoms with Gasteiger partial charge in [0.25, 0.3) is 0 Å². The predicted octanol–water partition coefficient (Wildman–Crippen LogP) is 2.35. The van der Waals surface area contributed by atoms with E-state index in [9.17, 15) is 0 Å². The van der Waals surface area contributed by atoms with Crippen LogP contribution in [0.25, 0.3) is 0 Å². The van der Waals surface area contributed by atoms with Gasteiger partial charge in [-0.1, -0.05) is 17.3 Å². The molecule has 0 aliphatic carbocycles. The molecule has 0 saturated heterocycles. The molecule has 124 valence electrons. The molecule has 0 atom stereocenters. The first-order valence-corrected chi connectivity index (χ1v) is 8.68. The Hall–Kier alpha value is -2.02. The normalized spacial score (nSPS) is 11.6. The minimum Gasteiger partial charge on any atom is -0.356 e. The molecule has 1 heterocycles. The lowest BCUT2D eigenvalue weighted by Crippen LogP contribution is -2.39. The van der Waals surface area contributed by atoms with Crippen LogP contribution in [0.4, 0.5) is 0 Å². The Balaban J connectivity index is 1.84. The summed E-state index contributed by atoms with van der Waals surface area (Å²) in [6.07, 6.45) is 2.76. The molecule has 1 N–H and O–H groups in total. The Bertz CT molecular complexity index is 638. The van der Waals surface area contributed by atoms with Crippen LogP contribution in [-0.2, 0) is 13.0 Å². The second-order valence-electron chi connectivity index (χ2n) is 5.16. The maximum Gasteiger partial charge on any atom is 0.228 e. The maximum absolute atomic E-state index is 5.10. The number of aromatic nitrogens is 2. The van der Waals surface area contributed by atoms with E-state index >= 15 is 0 Å². The van der Waals surface area contributed by atoms with Crippen LogP contribution in [-0.4, -0.2) is 47.9 Å². The zero-order valence-electron chi connectivity index (χ0n) is 14.0. The van der Waals surface area contributed by atoms with E-state index in [1.54, 1.807) is 18.8 Å². The third kappa shape index (κ3) is 5.28. The van der Waals surface area contributed by atoms with E-state index in [4.69, 9.17) is 4.52 Å². The molecule has 0 radical (unpaired) electrons. The monoisotopic (exact) mass is 333 g/mol. The van der Waals surface area contributed by atoms with Crippen LogP contribution in [0, 0.1) is 6.92 Å². The number of aliphatic imine (C=N–C) groups is 1. The van der Waals surface area contributed by atoms with Gasteiger partial charge in [-0.05, 0) is 30.9 Å². The van der Waals surface area contributed by atoms with E-state index in [1.807, 2.05) is 14.0 Å². The van der Waals surface area contributed by atoms with Crippen molar-refractivity contribution < 1.29 is 4.52 Å². The van der Waals surface area contributed by atoms with Crippen molar-refractivity contribution in [3.63, 3.8) is 0 Å². The summed E-state index contributed by atoms with van der Waals surface area (Å²) in [5.74, 6) is 2.14. The van der Waals surface area contributed by atoms with Gasteiger partial charge in [-0.2, -0.15) is 4.98 Å². The Labute approximate surface area is 141 Å². The summed E-state index contributed by atoms with van der Waals surface area (Å²) in [6.45, 7) is 3.31. The van der Waals surface area contributed by atoms with Gasteiger partial charge in [0.2, 0.25) is 5.89 Å². The summed E-state index contributed by atoms with van der Waals surface area (Å²) in [4.78, 5) is 11.9. The molecule has 0 aliphatic heterocycles. The molecule has 0 amide bonds. The Morgan fingerprint density at radius 3 is 2.65 bits per heavy atom. The van der Waals surface area contributed by atoms with Crippen LogP contribution in [0.3, 0.4) is 0 Å². The van der Waals surface area contributed by atoms with Gasteiger partial charge in [-0.25, -0.2) is 0 Å². The van der Waals surface area contributed by atoms with Gasteiger partial charge in [0, 0.05) is 38.5 Å². The lowest BCUT2D eigenvalue weighted by molar-refractivity contribution is 0.373. The fourth-order valence-electron chi connectivity index (χ4n) is 2.19. The molecule has 0 aliphatic rings. The van der Waals surface area contributed by atoms with Gasteiger partial charge in [0.1, 0.15) is 0 Å². The molecule has 1 aromatic heterocycles. The number of aryl methyl sites for hydroxylation is 1. The molecule has 6 nitrogen and oxygen atoms in total. The molecule has 2 rings (SSSR count). The minimum atomic E-state index is 0.640. The van der Waals surface area contributed by atoms with Crippen molar-refractivity contribution in [2.24, 2.45) is 4.99 Å². The second-order valence-corrected chi connectivity index (χ2v) is 6.04. The summed E-state index contributed by atoms with van der Waals surface area (Å²) in [6, 6.07) is 8.58. The average molecular weight is 333 g/mol. The van der Waals surface area contributed by atoms with Crippen molar-refractivity contribution in [3.8, 4) is 0 Å². The van der Waals surface area contributed by atoms with Crippen LogP contribution in [0.1, 0.15) is 17.3 Å². The second kappa shape index (κ2) is 8.57. The highest BCUT2D eigenvalue weighted by molar-refractivity contribution is 7.98. The molecule has 0 spiro atoms. The Morgan fingerprint density at radius 1 is 1.35 bits per heavy atom. The number of nitrogens with one attached hydrogen (secondary N) is 1. The number of hydrogen-bond acceptors (Lipinski definition) is 5. The van der Waals surface area contributed by atoms with Gasteiger partial charge in [-0.3, -0.25) is 4.99 Å². The highest BCUT2D eigenvalue weighted by Crippen LogP contribution is 2.15. The smallest absolute Gasteiger partial charge is 0.228 e. The largest absolute Gasteiger partial charge is 0.356 e. The number of hydrogen-bond donors (Lipinski definition) is 1. The van der Waals surface area contributed by atoms with Gasteiger partial charge in [0.05, 0.1) is 0 Å². The van der Waals surface area contributed by atoms with Gasteiger partial charge in [-0.15, -0.1) is 11.8 Å². The number of benzene rings is 1. The van der Waals surface area contributed by atoms with Gasteiger partial charge < -0.3 is 14.7 Å². The number of thioether (sulfide) groups is 1. The molecular formula is C16H23N5OS. The van der Waals surface area contributed by atoms with Crippen LogP contribution >= 0.6 is 11.8 Å². The van der Waals surface area contributed by atoms with Crippen LogP contribution in [0.15, 0.2) is 38.7 Å². The molecular weight excluding hydrogens is 310 g/mol. The van der Waals surface area contributed by atoms with E-state index < -0.39 is 0 Å². The van der Waals surface area contributed by atoms with Crippen LogP contribution < -0.4 is 5.32 Å². The zero-order valence-corrected chi connectivity index (χ0v) is 14.9. The van der Waals surface area contributed by atoms with E-state index in [1.165, 1.54) is 10.5 Å². The summed E-state index contributed by atoms with van der Waals surface area (Å²) in [5.41, 5.74) is 1.25. The first-order valence-electron chi connectivity index (χ1n) is 7.46. The summed E-state index contributed by atoms with van der Waals surface area (Å²) < 4.78 is 5.10. The fraction of sp³-hybridized carbons (Fsp3) is 0.438. The maximum atomic E-state index is 5.10. The first kappa shape index (κ1) is 17.3. The summed E-state index contributed by atoms with van der Waals surface area (Å²) in [7, 11) is 3.81. The molecule has 7 heteroatoms. The van der Waals surface area contributed by atoms with E-state index in [0.717, 1.165) is 12.5 Å². The topological polar surface area (TPSA) is 66.5 Å². The first-order chi connectivity index (χ1) is 11.1. The van der Waals surface area contributed by atoms with Crippen LogP contribution in [0.2, 0.25) is 0 Å². The van der Waals surface area contributed by atoms with E-state index in [0.29, 0.717) is 24.7 Å². The van der Waals surface area contributed by atoms with Crippen molar-refractivity contribution >= 4 is 17.7 Å². The fourth-order valence-corrected chi connectivity index (χ4v) is 2.60. The van der Waals surface area contributed by atoms with Crippen molar-refractivity contribution in [1.29, 1.82) is 0 Å². The van der Waals surface area contributed by atoms with Gasteiger partial charge >= 0.3 is 0 Å². The standard InChI is InChI=1S/C16H23N5OS/c1-12-19-15(22-20-12)9-10-18-16(17-2)21(3)11-13-5-7-14(23-4)8-6-13/h5-8H,9-11H2,1-4H3,(H,17,18). The SMILES string of the molecule is CN=C(NCCc1nc(C)no1)N(C)Cc1ccc(SC)cc1. The third-order valence-electron chi connectivity index (χ3n) is 3.34.